The summed E-state index contributed by atoms with van der Waals surface area (Å²) in [5.41, 5.74) is 2.60. The highest BCUT2D eigenvalue weighted by molar-refractivity contribution is 5.83. The maximum Gasteiger partial charge on any atom is 0.0642 e. The Morgan fingerprint density at radius 2 is 1.94 bits per heavy atom. The van der Waals surface area contributed by atoms with E-state index in [0.717, 1.165) is 26.3 Å². The number of ether oxygens (including phenoxy) is 1. The molecule has 2 aromatic rings. The molecule has 1 aliphatic heterocycles. The number of morpholine rings is 1. The molecule has 0 N–H and O–H groups in total. The molecule has 3 nitrogen and oxygen atoms in total. The van der Waals surface area contributed by atoms with Gasteiger partial charge in [0.15, 0.2) is 0 Å². The van der Waals surface area contributed by atoms with Gasteiger partial charge in [-0.3, -0.25) is 0 Å². The van der Waals surface area contributed by atoms with Gasteiger partial charge in [0, 0.05) is 37.5 Å². The normalized spacial score (nSPS) is 16.9. The molecule has 3 rings (SSSR count). The lowest BCUT2D eigenvalue weighted by Crippen LogP contribution is -2.36. The van der Waals surface area contributed by atoms with E-state index < -0.39 is 0 Å². The molecule has 2 heterocycles. The van der Waals surface area contributed by atoms with E-state index in [1.807, 2.05) is 0 Å². The molecule has 0 amide bonds. The van der Waals surface area contributed by atoms with Crippen molar-refractivity contribution < 1.29 is 4.74 Å². The van der Waals surface area contributed by atoms with Crippen molar-refractivity contribution in [3.8, 4) is 0 Å². The second-order valence-corrected chi connectivity index (χ2v) is 4.27. The van der Waals surface area contributed by atoms with E-state index in [2.05, 4.69) is 47.0 Å². The van der Waals surface area contributed by atoms with Gasteiger partial charge in [0.1, 0.15) is 0 Å². The first-order valence-electron chi connectivity index (χ1n) is 5.72. The fourth-order valence-electron chi connectivity index (χ4n) is 2.27. The van der Waals surface area contributed by atoms with Crippen LogP contribution in [0.15, 0.2) is 30.5 Å². The molecule has 0 radical (unpaired) electrons. The van der Waals surface area contributed by atoms with Crippen LogP contribution in [0.4, 0.5) is 5.69 Å². The Labute approximate surface area is 95.2 Å². The lowest BCUT2D eigenvalue weighted by molar-refractivity contribution is 0.122. The lowest BCUT2D eigenvalue weighted by atomic mass is 10.2. The van der Waals surface area contributed by atoms with Crippen molar-refractivity contribution in [2.45, 2.75) is 0 Å². The molecule has 0 saturated carbocycles. The topological polar surface area (TPSA) is 17.4 Å². The molecule has 1 aromatic carbocycles. The zero-order valence-corrected chi connectivity index (χ0v) is 9.52. The van der Waals surface area contributed by atoms with Crippen molar-refractivity contribution in [1.29, 1.82) is 0 Å². The van der Waals surface area contributed by atoms with E-state index in [9.17, 15) is 0 Å². The molecular formula is C13H16N2O. The van der Waals surface area contributed by atoms with Gasteiger partial charge in [-0.1, -0.05) is 6.07 Å². The third kappa shape index (κ3) is 1.57. The number of aromatic nitrogens is 1. The van der Waals surface area contributed by atoms with Crippen LogP contribution in [0, 0.1) is 0 Å². The van der Waals surface area contributed by atoms with Crippen LogP contribution in [0.2, 0.25) is 0 Å². The lowest BCUT2D eigenvalue weighted by Gasteiger charge is -2.28. The van der Waals surface area contributed by atoms with Gasteiger partial charge < -0.3 is 14.2 Å². The summed E-state index contributed by atoms with van der Waals surface area (Å²) >= 11 is 0. The number of aryl methyl sites for hydroxylation is 1. The van der Waals surface area contributed by atoms with Crippen LogP contribution in [0.25, 0.3) is 10.9 Å². The Kier molecular flexibility index (Phi) is 2.33. The maximum atomic E-state index is 5.37. The van der Waals surface area contributed by atoms with Crippen LogP contribution >= 0.6 is 0 Å². The van der Waals surface area contributed by atoms with E-state index in [-0.39, 0.29) is 0 Å². The van der Waals surface area contributed by atoms with Crippen LogP contribution in [0.5, 0.6) is 0 Å². The van der Waals surface area contributed by atoms with Crippen molar-refractivity contribution in [3.63, 3.8) is 0 Å². The molecule has 0 bridgehead atoms. The molecule has 0 aliphatic carbocycles. The van der Waals surface area contributed by atoms with Crippen molar-refractivity contribution in [2.24, 2.45) is 7.05 Å². The van der Waals surface area contributed by atoms with Gasteiger partial charge in [0.2, 0.25) is 0 Å². The first-order valence-corrected chi connectivity index (χ1v) is 5.72. The molecule has 84 valence electrons. The molecule has 16 heavy (non-hydrogen) atoms. The van der Waals surface area contributed by atoms with E-state index >= 15 is 0 Å². The van der Waals surface area contributed by atoms with E-state index in [4.69, 9.17) is 4.74 Å². The molecule has 1 saturated heterocycles. The number of hydrogen-bond acceptors (Lipinski definition) is 2. The highest BCUT2D eigenvalue weighted by Crippen LogP contribution is 2.23. The standard InChI is InChI=1S/C13H16N2O/c1-14-5-4-11-2-3-12(10-13(11)14)15-6-8-16-9-7-15/h2-5,10H,6-9H2,1H3. The van der Waals surface area contributed by atoms with Gasteiger partial charge >= 0.3 is 0 Å². The quantitative estimate of drug-likeness (QED) is 0.725. The summed E-state index contributed by atoms with van der Waals surface area (Å²) in [6.07, 6.45) is 2.10. The predicted octanol–water partition coefficient (Wildman–Crippen LogP) is 2.01. The van der Waals surface area contributed by atoms with Crippen molar-refractivity contribution in [1.82, 2.24) is 4.57 Å². The van der Waals surface area contributed by atoms with E-state index in [1.165, 1.54) is 16.6 Å². The number of anilines is 1. The Hall–Kier alpha value is -1.48. The zero-order valence-electron chi connectivity index (χ0n) is 9.52. The summed E-state index contributed by atoms with van der Waals surface area (Å²) in [6.45, 7) is 3.67. The minimum Gasteiger partial charge on any atom is -0.378 e. The Balaban J connectivity index is 1.99. The summed E-state index contributed by atoms with van der Waals surface area (Å²) in [5.74, 6) is 0. The summed E-state index contributed by atoms with van der Waals surface area (Å²) in [4.78, 5) is 2.38. The number of rotatable bonds is 1. The van der Waals surface area contributed by atoms with Crippen LogP contribution in [-0.2, 0) is 11.8 Å². The van der Waals surface area contributed by atoms with Crippen molar-refractivity contribution in [2.75, 3.05) is 31.2 Å². The van der Waals surface area contributed by atoms with Crippen molar-refractivity contribution in [3.05, 3.63) is 30.5 Å². The molecule has 0 atom stereocenters. The van der Waals surface area contributed by atoms with Gasteiger partial charge in [-0.05, 0) is 23.6 Å². The van der Waals surface area contributed by atoms with Crippen LogP contribution < -0.4 is 4.90 Å². The molecule has 1 aromatic heterocycles. The molecule has 0 spiro atoms. The van der Waals surface area contributed by atoms with Gasteiger partial charge in [-0.25, -0.2) is 0 Å². The average molecular weight is 216 g/mol. The summed E-state index contributed by atoms with van der Waals surface area (Å²) in [6, 6.07) is 8.81. The average Bonchev–Trinajstić information content (AvgIpc) is 2.72. The predicted molar refractivity (Wildman–Crippen MR) is 66.0 cm³/mol. The molecule has 1 aliphatic rings. The number of hydrogen-bond donors (Lipinski definition) is 0. The minimum atomic E-state index is 0.838. The smallest absolute Gasteiger partial charge is 0.0642 e. The van der Waals surface area contributed by atoms with Crippen molar-refractivity contribution >= 4 is 16.6 Å². The first kappa shape index (κ1) is 9.73. The molecule has 0 unspecified atom stereocenters. The third-order valence-electron chi connectivity index (χ3n) is 3.25. The number of nitrogens with zero attached hydrogens (tertiary/aromatic N) is 2. The second-order valence-electron chi connectivity index (χ2n) is 4.27. The Bertz CT molecular complexity index is 498. The highest BCUT2D eigenvalue weighted by Gasteiger charge is 2.11. The molecule has 1 fully saturated rings. The number of fused-ring (bicyclic) bond motifs is 1. The SMILES string of the molecule is Cn1ccc2ccc(N3CCOCC3)cc21. The molecule has 3 heteroatoms. The fourth-order valence-corrected chi connectivity index (χ4v) is 2.27. The van der Waals surface area contributed by atoms with Gasteiger partial charge in [-0.2, -0.15) is 0 Å². The largest absolute Gasteiger partial charge is 0.378 e. The van der Waals surface area contributed by atoms with E-state index in [1.54, 1.807) is 0 Å². The van der Waals surface area contributed by atoms with Gasteiger partial charge in [0.05, 0.1) is 13.2 Å². The zero-order chi connectivity index (χ0) is 11.0. The van der Waals surface area contributed by atoms with Crippen LogP contribution in [0.1, 0.15) is 0 Å². The summed E-state index contributed by atoms with van der Waals surface area (Å²) < 4.78 is 7.54. The van der Waals surface area contributed by atoms with Gasteiger partial charge in [-0.15, -0.1) is 0 Å². The van der Waals surface area contributed by atoms with Crippen LogP contribution in [-0.4, -0.2) is 30.9 Å². The summed E-state index contributed by atoms with van der Waals surface area (Å²) in [7, 11) is 2.09. The maximum absolute atomic E-state index is 5.37. The second kappa shape index (κ2) is 3.83. The summed E-state index contributed by atoms with van der Waals surface area (Å²) in [5, 5.41) is 1.31. The van der Waals surface area contributed by atoms with Crippen LogP contribution in [0.3, 0.4) is 0 Å². The van der Waals surface area contributed by atoms with E-state index in [0.29, 0.717) is 0 Å². The highest BCUT2D eigenvalue weighted by atomic mass is 16.5. The molecular weight excluding hydrogens is 200 g/mol. The first-order chi connectivity index (χ1) is 7.84. The Morgan fingerprint density at radius 1 is 1.12 bits per heavy atom. The fraction of sp³-hybridized carbons (Fsp3) is 0.385. The number of benzene rings is 1. The third-order valence-corrected chi connectivity index (χ3v) is 3.25. The monoisotopic (exact) mass is 216 g/mol. The minimum absolute atomic E-state index is 0.838. The van der Waals surface area contributed by atoms with Gasteiger partial charge in [0.25, 0.3) is 0 Å². The Morgan fingerprint density at radius 3 is 2.75 bits per heavy atom.